The maximum atomic E-state index is 4.91. The first-order valence-electron chi connectivity index (χ1n) is 8.67. The van der Waals surface area contributed by atoms with Crippen molar-refractivity contribution < 1.29 is 0 Å². The normalized spacial score (nSPS) is 20.7. The molecule has 1 atom stereocenters. The summed E-state index contributed by atoms with van der Waals surface area (Å²) in [5, 5.41) is 0. The van der Waals surface area contributed by atoms with Crippen molar-refractivity contribution in [3.63, 3.8) is 0 Å². The summed E-state index contributed by atoms with van der Waals surface area (Å²) >= 11 is 0. The van der Waals surface area contributed by atoms with E-state index in [-0.39, 0.29) is 0 Å². The van der Waals surface area contributed by atoms with Crippen LogP contribution in [0, 0.1) is 12.8 Å². The highest BCUT2D eigenvalue weighted by molar-refractivity contribution is 5.68. The van der Waals surface area contributed by atoms with Gasteiger partial charge in [0, 0.05) is 37.1 Å². The van der Waals surface area contributed by atoms with Crippen LogP contribution in [0.25, 0.3) is 0 Å². The van der Waals surface area contributed by atoms with E-state index in [0.29, 0.717) is 0 Å². The third kappa shape index (κ3) is 2.78. The molecule has 2 aliphatic heterocycles. The summed E-state index contributed by atoms with van der Waals surface area (Å²) in [6, 6.07) is 10.8. The molecule has 4 heteroatoms. The van der Waals surface area contributed by atoms with Crippen molar-refractivity contribution in [1.29, 1.82) is 0 Å². The average Bonchev–Trinajstić information content (AvgIpc) is 2.98. The lowest BCUT2D eigenvalue weighted by Crippen LogP contribution is -2.35. The van der Waals surface area contributed by atoms with Crippen molar-refractivity contribution in [2.75, 3.05) is 29.4 Å². The molecule has 1 fully saturated rings. The fourth-order valence-electron chi connectivity index (χ4n) is 3.76. The number of para-hydroxylation sites is 1. The van der Waals surface area contributed by atoms with E-state index in [2.05, 4.69) is 54.0 Å². The summed E-state index contributed by atoms with van der Waals surface area (Å²) < 4.78 is 0. The van der Waals surface area contributed by atoms with E-state index < -0.39 is 0 Å². The fourth-order valence-corrected chi connectivity index (χ4v) is 3.76. The first-order valence-corrected chi connectivity index (χ1v) is 8.67. The van der Waals surface area contributed by atoms with Gasteiger partial charge in [-0.25, -0.2) is 4.98 Å². The van der Waals surface area contributed by atoms with Crippen molar-refractivity contribution in [1.82, 2.24) is 9.97 Å². The number of piperidine rings is 1. The number of hydrogen-bond acceptors (Lipinski definition) is 4. The summed E-state index contributed by atoms with van der Waals surface area (Å²) in [5.41, 5.74) is 3.76. The first kappa shape index (κ1) is 14.5. The second-order valence-corrected chi connectivity index (χ2v) is 6.89. The second-order valence-electron chi connectivity index (χ2n) is 6.89. The van der Waals surface area contributed by atoms with Crippen LogP contribution in [0.15, 0.2) is 30.3 Å². The van der Waals surface area contributed by atoms with Crippen LogP contribution in [0.4, 0.5) is 17.5 Å². The van der Waals surface area contributed by atoms with E-state index in [9.17, 15) is 0 Å². The Labute approximate surface area is 138 Å². The number of benzene rings is 1. The van der Waals surface area contributed by atoms with Gasteiger partial charge >= 0.3 is 0 Å². The minimum Gasteiger partial charge on any atom is -0.340 e. The summed E-state index contributed by atoms with van der Waals surface area (Å²) in [5.74, 6) is 2.66. The van der Waals surface area contributed by atoms with Gasteiger partial charge in [-0.1, -0.05) is 25.1 Å². The molecule has 2 aromatic rings. The Kier molecular flexibility index (Phi) is 3.68. The van der Waals surface area contributed by atoms with Gasteiger partial charge in [0.05, 0.1) is 0 Å². The van der Waals surface area contributed by atoms with Gasteiger partial charge in [0.15, 0.2) is 0 Å². The van der Waals surface area contributed by atoms with Crippen molar-refractivity contribution in [3.8, 4) is 0 Å². The summed E-state index contributed by atoms with van der Waals surface area (Å²) in [7, 11) is 0. The molecule has 0 spiro atoms. The second kappa shape index (κ2) is 5.84. The van der Waals surface area contributed by atoms with E-state index in [1.165, 1.54) is 24.1 Å². The van der Waals surface area contributed by atoms with Crippen LogP contribution in [-0.4, -0.2) is 29.6 Å². The first-order chi connectivity index (χ1) is 11.2. The molecule has 120 valence electrons. The number of nitrogens with zero attached hydrogens (tertiary/aromatic N) is 4. The molecule has 3 heterocycles. The molecule has 2 aliphatic rings. The smallest absolute Gasteiger partial charge is 0.227 e. The summed E-state index contributed by atoms with van der Waals surface area (Å²) in [4.78, 5) is 14.3. The van der Waals surface area contributed by atoms with Gasteiger partial charge in [0.1, 0.15) is 5.82 Å². The minimum absolute atomic E-state index is 0.726. The highest BCUT2D eigenvalue weighted by Crippen LogP contribution is 2.34. The number of fused-ring (bicyclic) bond motifs is 1. The van der Waals surface area contributed by atoms with Gasteiger partial charge < -0.3 is 9.80 Å². The molecule has 0 saturated carbocycles. The molecule has 4 nitrogen and oxygen atoms in total. The third-order valence-corrected chi connectivity index (χ3v) is 4.93. The molecule has 1 saturated heterocycles. The molecule has 23 heavy (non-hydrogen) atoms. The summed E-state index contributed by atoms with van der Waals surface area (Å²) in [6.45, 7) is 7.54. The molecule has 1 aromatic heterocycles. The topological polar surface area (TPSA) is 32.3 Å². The van der Waals surface area contributed by atoms with Gasteiger partial charge in [-0.2, -0.15) is 4.98 Å². The van der Waals surface area contributed by atoms with E-state index in [1.807, 2.05) is 0 Å². The molecule has 4 rings (SSSR count). The van der Waals surface area contributed by atoms with Crippen molar-refractivity contribution in [2.24, 2.45) is 5.92 Å². The van der Waals surface area contributed by atoms with Gasteiger partial charge in [-0.05, 0) is 43.7 Å². The van der Waals surface area contributed by atoms with Crippen LogP contribution >= 0.6 is 0 Å². The van der Waals surface area contributed by atoms with Crippen molar-refractivity contribution in [2.45, 2.75) is 33.1 Å². The zero-order valence-electron chi connectivity index (χ0n) is 14.0. The SMILES string of the molecule is Cc1cc(N2CCc3ccccc32)nc(N2CCCC(C)C2)n1. The van der Waals surface area contributed by atoms with Crippen LogP contribution in [0.3, 0.4) is 0 Å². The quantitative estimate of drug-likeness (QED) is 0.846. The van der Waals surface area contributed by atoms with Gasteiger partial charge in [-0.15, -0.1) is 0 Å². The maximum absolute atomic E-state index is 4.91. The minimum atomic E-state index is 0.726. The lowest BCUT2D eigenvalue weighted by molar-refractivity contribution is 0.442. The lowest BCUT2D eigenvalue weighted by atomic mass is 10.0. The molecule has 0 radical (unpaired) electrons. The van der Waals surface area contributed by atoms with Crippen molar-refractivity contribution >= 4 is 17.5 Å². The third-order valence-electron chi connectivity index (χ3n) is 4.93. The zero-order valence-corrected chi connectivity index (χ0v) is 14.0. The Morgan fingerprint density at radius 1 is 1.13 bits per heavy atom. The van der Waals surface area contributed by atoms with Crippen LogP contribution in [0.5, 0.6) is 0 Å². The molecule has 1 unspecified atom stereocenters. The lowest BCUT2D eigenvalue weighted by Gasteiger charge is -2.31. The van der Waals surface area contributed by atoms with Crippen molar-refractivity contribution in [3.05, 3.63) is 41.6 Å². The number of aromatic nitrogens is 2. The molecule has 0 bridgehead atoms. The Morgan fingerprint density at radius 3 is 2.87 bits per heavy atom. The molecule has 0 aliphatic carbocycles. The molecule has 0 N–H and O–H groups in total. The monoisotopic (exact) mass is 308 g/mol. The Hall–Kier alpha value is -2.10. The fraction of sp³-hybridized carbons (Fsp3) is 0.474. The Morgan fingerprint density at radius 2 is 2.00 bits per heavy atom. The zero-order chi connectivity index (χ0) is 15.8. The van der Waals surface area contributed by atoms with Crippen LogP contribution in [0.2, 0.25) is 0 Å². The standard InChI is InChI=1S/C19H24N4/c1-14-6-5-10-22(13-14)19-20-15(2)12-18(21-19)23-11-9-16-7-3-4-8-17(16)23/h3-4,7-8,12,14H,5-6,9-11,13H2,1-2H3. The summed E-state index contributed by atoms with van der Waals surface area (Å²) in [6.07, 6.45) is 3.64. The van der Waals surface area contributed by atoms with Gasteiger partial charge in [0.2, 0.25) is 5.95 Å². The Balaban J connectivity index is 1.68. The van der Waals surface area contributed by atoms with E-state index in [4.69, 9.17) is 9.97 Å². The number of aryl methyl sites for hydroxylation is 1. The van der Waals surface area contributed by atoms with E-state index in [1.54, 1.807) is 0 Å². The number of anilines is 3. The highest BCUT2D eigenvalue weighted by atomic mass is 15.3. The predicted octanol–water partition coefficient (Wildman–Crippen LogP) is 3.72. The van der Waals surface area contributed by atoms with Crippen LogP contribution in [0.1, 0.15) is 31.0 Å². The molecule has 0 amide bonds. The predicted molar refractivity (Wildman–Crippen MR) is 94.5 cm³/mol. The molecular formula is C19H24N4. The number of rotatable bonds is 2. The van der Waals surface area contributed by atoms with Gasteiger partial charge in [0.25, 0.3) is 0 Å². The molecule has 1 aromatic carbocycles. The van der Waals surface area contributed by atoms with Gasteiger partial charge in [-0.3, -0.25) is 0 Å². The average molecular weight is 308 g/mol. The molecular weight excluding hydrogens is 284 g/mol. The van der Waals surface area contributed by atoms with Crippen LogP contribution < -0.4 is 9.80 Å². The Bertz CT molecular complexity index is 712. The van der Waals surface area contributed by atoms with E-state index >= 15 is 0 Å². The van der Waals surface area contributed by atoms with E-state index in [0.717, 1.165) is 49.4 Å². The highest BCUT2D eigenvalue weighted by Gasteiger charge is 2.24. The largest absolute Gasteiger partial charge is 0.340 e. The number of hydrogen-bond donors (Lipinski definition) is 0. The maximum Gasteiger partial charge on any atom is 0.227 e. The van der Waals surface area contributed by atoms with Crippen LogP contribution in [-0.2, 0) is 6.42 Å².